The molecule has 0 rings (SSSR count). The summed E-state index contributed by atoms with van der Waals surface area (Å²) in [5.74, 6) is -1.70. The summed E-state index contributed by atoms with van der Waals surface area (Å²) in [7, 11) is 0. The Morgan fingerprint density at radius 1 is 1.54 bits per heavy atom. The van der Waals surface area contributed by atoms with E-state index in [4.69, 9.17) is 5.11 Å². The van der Waals surface area contributed by atoms with Gasteiger partial charge < -0.3 is 10.4 Å². The van der Waals surface area contributed by atoms with Gasteiger partial charge in [-0.25, -0.2) is 9.18 Å². The van der Waals surface area contributed by atoms with E-state index in [9.17, 15) is 14.0 Å². The van der Waals surface area contributed by atoms with Gasteiger partial charge in [0.25, 0.3) is 0 Å². The Labute approximate surface area is 76.1 Å². The molecule has 0 aliphatic heterocycles. The second kappa shape index (κ2) is 4.20. The lowest BCUT2D eigenvalue weighted by Gasteiger charge is -2.20. The fourth-order valence-corrected chi connectivity index (χ4v) is 0.931. The van der Waals surface area contributed by atoms with Crippen LogP contribution in [0.2, 0.25) is 0 Å². The van der Waals surface area contributed by atoms with Gasteiger partial charge in [0.2, 0.25) is 5.91 Å². The van der Waals surface area contributed by atoms with Crippen LogP contribution in [0.5, 0.6) is 0 Å². The molecule has 0 unspecified atom stereocenters. The van der Waals surface area contributed by atoms with Crippen molar-refractivity contribution in [2.75, 3.05) is 0 Å². The number of carboxylic acids is 1. The Bertz CT molecular complexity index is 210. The molecular formula is C8H14FNO3. The van der Waals surface area contributed by atoms with Crippen LogP contribution in [-0.4, -0.2) is 28.7 Å². The van der Waals surface area contributed by atoms with Gasteiger partial charge in [-0.2, -0.15) is 0 Å². The van der Waals surface area contributed by atoms with Crippen molar-refractivity contribution in [1.82, 2.24) is 5.32 Å². The largest absolute Gasteiger partial charge is 0.480 e. The lowest BCUT2D eigenvalue weighted by molar-refractivity contribution is -0.142. The number of carboxylic acid groups (broad SMARTS) is 1. The average molecular weight is 191 g/mol. The third-order valence-electron chi connectivity index (χ3n) is 1.37. The molecule has 0 aromatic rings. The molecule has 0 aromatic heterocycles. The highest BCUT2D eigenvalue weighted by Crippen LogP contribution is 2.16. The van der Waals surface area contributed by atoms with Crippen molar-refractivity contribution < 1.29 is 19.1 Å². The van der Waals surface area contributed by atoms with E-state index in [1.165, 1.54) is 20.8 Å². The molecule has 0 saturated heterocycles. The first kappa shape index (κ1) is 11.9. The van der Waals surface area contributed by atoms with Gasteiger partial charge in [-0.05, 0) is 13.8 Å². The number of alkyl halides is 1. The van der Waals surface area contributed by atoms with Gasteiger partial charge in [-0.1, -0.05) is 0 Å². The van der Waals surface area contributed by atoms with E-state index in [0.717, 1.165) is 0 Å². The Kier molecular flexibility index (Phi) is 3.84. The highest BCUT2D eigenvalue weighted by molar-refractivity contribution is 5.82. The molecule has 0 fully saturated rings. The SMILES string of the molecule is CC(=O)N[C@@H](CC(C)(C)F)C(=O)O. The van der Waals surface area contributed by atoms with Crippen molar-refractivity contribution >= 4 is 11.9 Å². The number of halogens is 1. The Morgan fingerprint density at radius 2 is 2.00 bits per heavy atom. The van der Waals surface area contributed by atoms with E-state index in [-0.39, 0.29) is 6.42 Å². The second-order valence-corrected chi connectivity index (χ2v) is 3.51. The summed E-state index contributed by atoms with van der Waals surface area (Å²) in [4.78, 5) is 21.1. The number of carbonyl (C=O) groups excluding carboxylic acids is 1. The van der Waals surface area contributed by atoms with E-state index < -0.39 is 23.6 Å². The van der Waals surface area contributed by atoms with Crippen molar-refractivity contribution in [3.05, 3.63) is 0 Å². The third kappa shape index (κ3) is 6.07. The minimum absolute atomic E-state index is 0.234. The van der Waals surface area contributed by atoms with Crippen LogP contribution < -0.4 is 5.32 Å². The maximum Gasteiger partial charge on any atom is 0.326 e. The number of rotatable bonds is 4. The topological polar surface area (TPSA) is 66.4 Å². The van der Waals surface area contributed by atoms with Crippen LogP contribution in [0.4, 0.5) is 4.39 Å². The molecule has 1 amide bonds. The van der Waals surface area contributed by atoms with Crippen LogP contribution in [-0.2, 0) is 9.59 Å². The molecule has 0 aromatic carbocycles. The predicted molar refractivity (Wildman–Crippen MR) is 45.0 cm³/mol. The lowest BCUT2D eigenvalue weighted by atomic mass is 10.0. The highest BCUT2D eigenvalue weighted by Gasteiger charge is 2.27. The van der Waals surface area contributed by atoms with Gasteiger partial charge in [-0.3, -0.25) is 4.79 Å². The summed E-state index contributed by atoms with van der Waals surface area (Å²) < 4.78 is 13.0. The van der Waals surface area contributed by atoms with E-state index >= 15 is 0 Å². The molecular weight excluding hydrogens is 177 g/mol. The average Bonchev–Trinajstić information content (AvgIpc) is 1.81. The van der Waals surface area contributed by atoms with Crippen molar-refractivity contribution in [1.29, 1.82) is 0 Å². The van der Waals surface area contributed by atoms with E-state index in [2.05, 4.69) is 5.32 Å². The number of nitrogens with one attached hydrogen (secondary N) is 1. The molecule has 0 bridgehead atoms. The molecule has 5 heteroatoms. The van der Waals surface area contributed by atoms with E-state index in [1.807, 2.05) is 0 Å². The Hall–Kier alpha value is -1.13. The van der Waals surface area contributed by atoms with Gasteiger partial charge in [0, 0.05) is 13.3 Å². The zero-order valence-corrected chi connectivity index (χ0v) is 7.93. The maximum atomic E-state index is 13.0. The molecule has 0 radical (unpaired) electrons. The van der Waals surface area contributed by atoms with E-state index in [0.29, 0.717) is 0 Å². The van der Waals surface area contributed by atoms with Gasteiger partial charge in [-0.15, -0.1) is 0 Å². The standard InChI is InChI=1S/C8H14FNO3/c1-5(11)10-6(7(12)13)4-8(2,3)9/h6H,4H2,1-3H3,(H,10,11)(H,12,13)/t6-/m0/s1. The lowest BCUT2D eigenvalue weighted by Crippen LogP contribution is -2.43. The fraction of sp³-hybridized carbons (Fsp3) is 0.750. The number of hydrogen-bond acceptors (Lipinski definition) is 2. The quantitative estimate of drug-likeness (QED) is 0.687. The van der Waals surface area contributed by atoms with Gasteiger partial charge in [0.15, 0.2) is 0 Å². The minimum Gasteiger partial charge on any atom is -0.480 e. The maximum absolute atomic E-state index is 13.0. The summed E-state index contributed by atoms with van der Waals surface area (Å²) >= 11 is 0. The van der Waals surface area contributed by atoms with E-state index in [1.54, 1.807) is 0 Å². The zero-order chi connectivity index (χ0) is 10.6. The first-order valence-electron chi connectivity index (χ1n) is 3.91. The molecule has 0 aliphatic carbocycles. The first-order valence-corrected chi connectivity index (χ1v) is 3.91. The van der Waals surface area contributed by atoms with Crippen LogP contribution in [0.1, 0.15) is 27.2 Å². The van der Waals surface area contributed by atoms with Crippen LogP contribution in [0.3, 0.4) is 0 Å². The van der Waals surface area contributed by atoms with Gasteiger partial charge in [0.1, 0.15) is 11.7 Å². The molecule has 13 heavy (non-hydrogen) atoms. The summed E-state index contributed by atoms with van der Waals surface area (Å²) in [6.07, 6.45) is -0.234. The smallest absolute Gasteiger partial charge is 0.326 e. The summed E-state index contributed by atoms with van der Waals surface area (Å²) in [5.41, 5.74) is -1.61. The summed E-state index contributed by atoms with van der Waals surface area (Å²) in [6, 6.07) is -1.16. The molecule has 1 atom stereocenters. The number of amides is 1. The fourth-order valence-electron chi connectivity index (χ4n) is 0.931. The van der Waals surface area contributed by atoms with Crippen LogP contribution in [0.25, 0.3) is 0 Å². The molecule has 0 aliphatic rings. The zero-order valence-electron chi connectivity index (χ0n) is 7.93. The van der Waals surface area contributed by atoms with Crippen molar-refractivity contribution in [3.8, 4) is 0 Å². The van der Waals surface area contributed by atoms with Crippen molar-refractivity contribution in [2.45, 2.75) is 38.9 Å². The number of aliphatic carboxylic acids is 1. The first-order chi connectivity index (χ1) is 5.72. The van der Waals surface area contributed by atoms with Crippen molar-refractivity contribution in [3.63, 3.8) is 0 Å². The molecule has 0 spiro atoms. The normalized spacial score (nSPS) is 13.5. The Balaban J connectivity index is 4.27. The third-order valence-corrected chi connectivity index (χ3v) is 1.37. The monoisotopic (exact) mass is 191 g/mol. The highest BCUT2D eigenvalue weighted by atomic mass is 19.1. The number of carbonyl (C=O) groups is 2. The number of hydrogen-bond donors (Lipinski definition) is 2. The van der Waals surface area contributed by atoms with Gasteiger partial charge >= 0.3 is 5.97 Å². The molecule has 76 valence electrons. The summed E-state index contributed by atoms with van der Waals surface area (Å²) in [6.45, 7) is 3.73. The summed E-state index contributed by atoms with van der Waals surface area (Å²) in [5, 5.41) is 10.8. The molecule has 0 heterocycles. The van der Waals surface area contributed by atoms with Crippen LogP contribution in [0.15, 0.2) is 0 Å². The molecule has 0 saturated carbocycles. The van der Waals surface area contributed by atoms with Crippen LogP contribution in [0, 0.1) is 0 Å². The van der Waals surface area contributed by atoms with Gasteiger partial charge in [0.05, 0.1) is 0 Å². The predicted octanol–water partition coefficient (Wildman–Crippen LogP) is 0.714. The molecule has 2 N–H and O–H groups in total. The Morgan fingerprint density at radius 3 is 2.23 bits per heavy atom. The van der Waals surface area contributed by atoms with Crippen LogP contribution >= 0.6 is 0 Å². The van der Waals surface area contributed by atoms with Crippen molar-refractivity contribution in [2.24, 2.45) is 0 Å². The molecule has 4 nitrogen and oxygen atoms in total. The minimum atomic E-state index is -1.61. The second-order valence-electron chi connectivity index (χ2n) is 3.51.